The van der Waals surface area contributed by atoms with E-state index in [1.807, 2.05) is 149 Å². The predicted octanol–water partition coefficient (Wildman–Crippen LogP) is 11.3. The number of hydrogen-bond donors (Lipinski definition) is 0. The molecule has 0 heterocycles. The van der Waals surface area contributed by atoms with Crippen LogP contribution < -0.4 is 0 Å². The van der Waals surface area contributed by atoms with Gasteiger partial charge in [-0.3, -0.25) is 8.37 Å². The first-order chi connectivity index (χ1) is 32.7. The maximum atomic E-state index is 13.3. The Balaban J connectivity index is 0.000000201. The fourth-order valence-electron chi connectivity index (χ4n) is 11.1. The van der Waals surface area contributed by atoms with Crippen molar-refractivity contribution < 1.29 is 25.2 Å². The van der Waals surface area contributed by atoms with Gasteiger partial charge in [0.2, 0.25) is 0 Å². The van der Waals surface area contributed by atoms with Crippen molar-refractivity contribution in [2.24, 2.45) is 10.8 Å². The average Bonchev–Trinajstić information content (AvgIpc) is 3.81. The molecule has 2 saturated carbocycles. The molecule has 6 atom stereocenters. The zero-order valence-electron chi connectivity index (χ0n) is 38.4. The van der Waals surface area contributed by atoms with Crippen LogP contribution in [-0.4, -0.2) is 29.0 Å². The van der Waals surface area contributed by atoms with E-state index in [1.165, 1.54) is 24.3 Å². The third kappa shape index (κ3) is 8.29. The van der Waals surface area contributed by atoms with Gasteiger partial charge in [0.05, 0.1) is 34.1 Å². The summed E-state index contributed by atoms with van der Waals surface area (Å²) < 4.78 is 64.6. The van der Waals surface area contributed by atoms with Gasteiger partial charge in [-0.05, 0) is 97.9 Å². The fraction of sp³-hybridized carbons (Fsp3) is 0.286. The molecule has 8 rings (SSSR count). The van der Waals surface area contributed by atoms with Crippen LogP contribution in [0.15, 0.2) is 180 Å². The summed E-state index contributed by atoms with van der Waals surface area (Å²) in [7, 11) is -8.40. The van der Waals surface area contributed by atoms with E-state index in [0.717, 1.165) is 33.4 Å². The van der Waals surface area contributed by atoms with Crippen LogP contribution in [0.3, 0.4) is 0 Å². The Bertz CT molecular complexity index is 2870. The minimum atomic E-state index is -4.20. The van der Waals surface area contributed by atoms with Crippen molar-refractivity contribution in [1.82, 2.24) is 0 Å². The van der Waals surface area contributed by atoms with Gasteiger partial charge in [-0.1, -0.05) is 171 Å². The van der Waals surface area contributed by atoms with Crippen LogP contribution in [-0.2, 0) is 39.4 Å². The molecule has 2 aliphatic rings. The first-order valence-corrected chi connectivity index (χ1v) is 25.4. The molecule has 6 aromatic carbocycles. The van der Waals surface area contributed by atoms with E-state index >= 15 is 0 Å². The lowest BCUT2D eigenvalue weighted by Crippen LogP contribution is -2.48. The van der Waals surface area contributed by atoms with E-state index in [9.17, 15) is 37.9 Å². The maximum Gasteiger partial charge on any atom is 0.297 e. The van der Waals surface area contributed by atoms with E-state index in [1.54, 1.807) is 24.3 Å². The summed E-state index contributed by atoms with van der Waals surface area (Å²) in [6.45, 7) is 7.63. The van der Waals surface area contributed by atoms with Crippen LogP contribution in [0.1, 0.15) is 84.7 Å². The van der Waals surface area contributed by atoms with Crippen LogP contribution in [0.5, 0.6) is 0 Å². The van der Waals surface area contributed by atoms with Crippen molar-refractivity contribution in [1.29, 1.82) is 21.0 Å². The Hall–Kier alpha value is -6.90. The Labute approximate surface area is 400 Å². The number of rotatable bonds is 12. The van der Waals surface area contributed by atoms with Gasteiger partial charge in [0.15, 0.2) is 10.8 Å². The first kappa shape index (κ1) is 49.0. The van der Waals surface area contributed by atoms with Crippen LogP contribution in [0, 0.1) is 70.0 Å². The molecule has 0 N–H and O–H groups in total. The summed E-state index contributed by atoms with van der Waals surface area (Å²) in [6.07, 6.45) is -0.916. The van der Waals surface area contributed by atoms with Crippen molar-refractivity contribution in [3.8, 4) is 24.3 Å². The second-order valence-corrected chi connectivity index (χ2v) is 20.7. The largest absolute Gasteiger partial charge is 0.297 e. The van der Waals surface area contributed by atoms with Gasteiger partial charge in [-0.15, -0.1) is 0 Å². The van der Waals surface area contributed by atoms with Crippen LogP contribution in [0.2, 0.25) is 0 Å². The summed E-state index contributed by atoms with van der Waals surface area (Å²) in [5.41, 5.74) is 0.00954. The highest BCUT2D eigenvalue weighted by atomic mass is 32.2. The molecule has 0 bridgehead atoms. The molecular weight excluding hydrogens is 889 g/mol. The van der Waals surface area contributed by atoms with Crippen LogP contribution in [0.4, 0.5) is 0 Å². The molecule has 0 radical (unpaired) electrons. The second kappa shape index (κ2) is 19.7. The molecule has 0 amide bonds. The molecule has 0 unspecified atom stereocenters. The summed E-state index contributed by atoms with van der Waals surface area (Å²) in [4.78, 5) is 0.0145. The van der Waals surface area contributed by atoms with Gasteiger partial charge in [-0.25, -0.2) is 0 Å². The van der Waals surface area contributed by atoms with E-state index in [-0.39, 0.29) is 34.5 Å². The molecule has 68 heavy (non-hydrogen) atoms. The second-order valence-electron chi connectivity index (χ2n) is 17.5. The third-order valence-electron chi connectivity index (χ3n) is 14.4. The zero-order valence-corrected chi connectivity index (χ0v) is 40.0. The zero-order chi connectivity index (χ0) is 48.8. The average molecular weight is 941 g/mol. The monoisotopic (exact) mass is 940 g/mol. The van der Waals surface area contributed by atoms with Gasteiger partial charge in [0.1, 0.15) is 12.2 Å². The fourth-order valence-corrected chi connectivity index (χ4v) is 13.3. The number of hydrogen-bond acceptors (Lipinski definition) is 10. The Kier molecular flexibility index (Phi) is 14.2. The van der Waals surface area contributed by atoms with Crippen molar-refractivity contribution in [3.05, 3.63) is 203 Å². The Morgan fingerprint density at radius 2 is 0.735 bits per heavy atom. The number of benzene rings is 6. The molecule has 6 aromatic rings. The summed E-state index contributed by atoms with van der Waals surface area (Å²) in [5.74, 6) is -0.586. The van der Waals surface area contributed by atoms with Gasteiger partial charge in [0.25, 0.3) is 20.2 Å². The first-order valence-electron chi connectivity index (χ1n) is 22.5. The van der Waals surface area contributed by atoms with Crippen molar-refractivity contribution in [2.75, 3.05) is 0 Å². The SMILES string of the molecule is CC[C@]1(c2ccccc2)[C@H](c2ccccc2)C[C@@H](OS(=O)(=O)c2ccc(C)cc2)C1(C#N)C#N.CC[C@]1(c2ccccc2)[C@H](c2ccccc2)C[C@@H](OS(=O)(=O)c2ccc(C)cc2)C1(C#N)C#N. The lowest BCUT2D eigenvalue weighted by Gasteiger charge is -2.42. The topological polar surface area (TPSA) is 182 Å². The molecule has 12 heteroatoms. The minimum Gasteiger partial charge on any atom is -0.260 e. The normalized spacial score (nSPS) is 23.6. The standard InChI is InChI=1S/2C28H26N2O3S/c2*1-3-28(23-12-8-5-9-13-23)25(22-10-6-4-7-11-22)18-26(27(28,19-29)20-30)33-34(31,32)24-16-14-21(2)15-17-24/h2*4-17,25-26H,3,18H2,1-2H3/t2*25-,26+,28-/m00/s1. The number of nitrogens with zero attached hydrogens (tertiary/aromatic N) is 4. The summed E-state index contributed by atoms with van der Waals surface area (Å²) in [6, 6.07) is 60.0. The van der Waals surface area contributed by atoms with Gasteiger partial charge in [-0.2, -0.15) is 37.9 Å². The number of aryl methyl sites for hydroxylation is 2. The van der Waals surface area contributed by atoms with Crippen molar-refractivity contribution in [2.45, 2.75) is 98.0 Å². The maximum absolute atomic E-state index is 13.3. The van der Waals surface area contributed by atoms with Crippen LogP contribution >= 0.6 is 0 Å². The van der Waals surface area contributed by atoms with E-state index in [2.05, 4.69) is 24.3 Å². The molecule has 2 aliphatic carbocycles. The molecule has 0 saturated heterocycles. The highest BCUT2D eigenvalue weighted by Gasteiger charge is 2.69. The van der Waals surface area contributed by atoms with Crippen LogP contribution in [0.25, 0.3) is 0 Å². The summed E-state index contributed by atoms with van der Waals surface area (Å²) in [5, 5.41) is 42.1. The predicted molar refractivity (Wildman–Crippen MR) is 258 cm³/mol. The van der Waals surface area contributed by atoms with Crippen molar-refractivity contribution in [3.63, 3.8) is 0 Å². The molecule has 0 aliphatic heterocycles. The van der Waals surface area contributed by atoms with Crippen molar-refractivity contribution >= 4 is 20.2 Å². The Morgan fingerprint density at radius 3 is 1.00 bits per heavy atom. The van der Waals surface area contributed by atoms with Gasteiger partial charge >= 0.3 is 0 Å². The lowest BCUT2D eigenvalue weighted by atomic mass is 9.57. The van der Waals surface area contributed by atoms with Gasteiger partial charge < -0.3 is 0 Å². The molecule has 2 fully saturated rings. The lowest BCUT2D eigenvalue weighted by molar-refractivity contribution is 0.119. The van der Waals surface area contributed by atoms with E-state index in [0.29, 0.717) is 12.8 Å². The quantitative estimate of drug-likeness (QED) is 0.107. The van der Waals surface area contributed by atoms with E-state index in [4.69, 9.17) is 8.37 Å². The highest BCUT2D eigenvalue weighted by Crippen LogP contribution is 2.65. The minimum absolute atomic E-state index is 0.00727. The third-order valence-corrected chi connectivity index (χ3v) is 17.0. The molecule has 10 nitrogen and oxygen atoms in total. The molecular formula is C56H52N4O6S2. The smallest absolute Gasteiger partial charge is 0.260 e. The van der Waals surface area contributed by atoms with Gasteiger partial charge in [0, 0.05) is 10.8 Å². The molecule has 344 valence electrons. The molecule has 0 aromatic heterocycles. The Morgan fingerprint density at radius 1 is 0.456 bits per heavy atom. The van der Waals surface area contributed by atoms with E-state index < -0.39 is 54.1 Å². The number of nitriles is 4. The molecule has 0 spiro atoms. The summed E-state index contributed by atoms with van der Waals surface area (Å²) >= 11 is 0. The highest BCUT2D eigenvalue weighted by molar-refractivity contribution is 7.87.